The lowest BCUT2D eigenvalue weighted by Gasteiger charge is -2.11. The van der Waals surface area contributed by atoms with Crippen LogP contribution in [0.2, 0.25) is 0 Å². The SMILES string of the molecule is CCOc1ccc(-c2n[c]co2)cc1OCC. The van der Waals surface area contributed by atoms with E-state index in [2.05, 4.69) is 11.2 Å². The van der Waals surface area contributed by atoms with Gasteiger partial charge in [-0.05, 0) is 32.0 Å². The number of hydrogen-bond donors (Lipinski definition) is 0. The highest BCUT2D eigenvalue weighted by Crippen LogP contribution is 2.32. The molecular weight excluding hydrogens is 218 g/mol. The van der Waals surface area contributed by atoms with E-state index in [-0.39, 0.29) is 0 Å². The Morgan fingerprint density at radius 3 is 2.59 bits per heavy atom. The zero-order valence-electron chi connectivity index (χ0n) is 9.90. The molecule has 2 rings (SSSR count). The van der Waals surface area contributed by atoms with Gasteiger partial charge in [0, 0.05) is 5.56 Å². The summed E-state index contributed by atoms with van der Waals surface area (Å²) in [6.45, 7) is 5.06. The van der Waals surface area contributed by atoms with Gasteiger partial charge in [-0.15, -0.1) is 0 Å². The summed E-state index contributed by atoms with van der Waals surface area (Å²) in [5.74, 6) is 1.95. The average Bonchev–Trinajstić information content (AvgIpc) is 2.85. The first-order valence-electron chi connectivity index (χ1n) is 5.56. The van der Waals surface area contributed by atoms with Gasteiger partial charge in [-0.25, -0.2) is 4.98 Å². The highest BCUT2D eigenvalue weighted by molar-refractivity contribution is 5.59. The monoisotopic (exact) mass is 232 g/mol. The van der Waals surface area contributed by atoms with E-state index in [1.54, 1.807) is 0 Å². The van der Waals surface area contributed by atoms with Crippen LogP contribution in [0.15, 0.2) is 28.9 Å². The van der Waals surface area contributed by atoms with Crippen LogP contribution >= 0.6 is 0 Å². The lowest BCUT2D eigenvalue weighted by atomic mass is 10.2. The molecule has 1 aromatic carbocycles. The van der Waals surface area contributed by atoms with Crippen LogP contribution < -0.4 is 9.47 Å². The topological polar surface area (TPSA) is 44.5 Å². The number of nitrogens with zero attached hydrogens (tertiary/aromatic N) is 1. The highest BCUT2D eigenvalue weighted by atomic mass is 16.5. The second-order valence-corrected chi connectivity index (χ2v) is 3.31. The van der Waals surface area contributed by atoms with Crippen molar-refractivity contribution in [3.8, 4) is 23.0 Å². The van der Waals surface area contributed by atoms with Gasteiger partial charge in [0.05, 0.1) is 13.2 Å². The van der Waals surface area contributed by atoms with Gasteiger partial charge in [0.2, 0.25) is 5.89 Å². The predicted octanol–water partition coefficient (Wildman–Crippen LogP) is 2.94. The molecule has 0 saturated carbocycles. The van der Waals surface area contributed by atoms with Crippen molar-refractivity contribution >= 4 is 0 Å². The fourth-order valence-electron chi connectivity index (χ4n) is 1.51. The quantitative estimate of drug-likeness (QED) is 0.795. The molecule has 0 bridgehead atoms. The first-order chi connectivity index (χ1) is 8.35. The normalized spacial score (nSPS) is 10.2. The molecule has 0 aliphatic heterocycles. The molecule has 0 spiro atoms. The Hall–Kier alpha value is -1.97. The molecule has 0 atom stereocenters. The van der Waals surface area contributed by atoms with Gasteiger partial charge in [-0.2, -0.15) is 0 Å². The summed E-state index contributed by atoms with van der Waals surface area (Å²) in [6.07, 6.45) is 4.05. The third-order valence-electron chi connectivity index (χ3n) is 2.18. The Morgan fingerprint density at radius 2 is 1.94 bits per heavy atom. The molecule has 0 unspecified atom stereocenters. The Bertz CT molecular complexity index is 466. The van der Waals surface area contributed by atoms with E-state index in [9.17, 15) is 0 Å². The van der Waals surface area contributed by atoms with Crippen LogP contribution in [-0.4, -0.2) is 18.2 Å². The van der Waals surface area contributed by atoms with Gasteiger partial charge in [0.1, 0.15) is 12.5 Å². The van der Waals surface area contributed by atoms with Gasteiger partial charge >= 0.3 is 0 Å². The van der Waals surface area contributed by atoms with E-state index in [1.165, 1.54) is 6.26 Å². The molecule has 4 heteroatoms. The van der Waals surface area contributed by atoms with E-state index in [0.717, 1.165) is 11.3 Å². The van der Waals surface area contributed by atoms with Crippen LogP contribution in [0.1, 0.15) is 13.8 Å². The van der Waals surface area contributed by atoms with Crippen LogP contribution in [0, 0.1) is 6.20 Å². The van der Waals surface area contributed by atoms with Crippen LogP contribution in [-0.2, 0) is 0 Å². The Morgan fingerprint density at radius 1 is 1.18 bits per heavy atom. The molecule has 0 saturated heterocycles. The molecule has 1 heterocycles. The van der Waals surface area contributed by atoms with Crippen LogP contribution in [0.3, 0.4) is 0 Å². The number of hydrogen-bond acceptors (Lipinski definition) is 4. The van der Waals surface area contributed by atoms with Crippen molar-refractivity contribution in [1.82, 2.24) is 4.98 Å². The van der Waals surface area contributed by atoms with Gasteiger partial charge in [0.25, 0.3) is 0 Å². The van der Waals surface area contributed by atoms with E-state index in [0.29, 0.717) is 24.9 Å². The lowest BCUT2D eigenvalue weighted by Crippen LogP contribution is -1.98. The molecule has 2 aromatic rings. The van der Waals surface area contributed by atoms with E-state index >= 15 is 0 Å². The fraction of sp³-hybridized carbons (Fsp3) is 0.308. The molecule has 17 heavy (non-hydrogen) atoms. The van der Waals surface area contributed by atoms with Crippen molar-refractivity contribution in [2.45, 2.75) is 13.8 Å². The molecule has 0 aliphatic rings. The van der Waals surface area contributed by atoms with Crippen molar-refractivity contribution < 1.29 is 13.9 Å². The van der Waals surface area contributed by atoms with Gasteiger partial charge in [-0.3, -0.25) is 0 Å². The molecule has 89 valence electrons. The van der Waals surface area contributed by atoms with E-state index in [1.807, 2.05) is 32.0 Å². The highest BCUT2D eigenvalue weighted by Gasteiger charge is 2.09. The molecule has 1 aromatic heterocycles. The Kier molecular flexibility index (Phi) is 3.65. The first-order valence-corrected chi connectivity index (χ1v) is 5.56. The molecule has 0 fully saturated rings. The minimum absolute atomic E-state index is 0.522. The number of benzene rings is 1. The molecular formula is C13H14NO3. The zero-order chi connectivity index (χ0) is 12.1. The maximum absolute atomic E-state index is 5.52. The van der Waals surface area contributed by atoms with Crippen LogP contribution in [0.5, 0.6) is 11.5 Å². The average molecular weight is 232 g/mol. The van der Waals surface area contributed by atoms with Crippen molar-refractivity contribution in [1.29, 1.82) is 0 Å². The lowest BCUT2D eigenvalue weighted by molar-refractivity contribution is 0.288. The maximum atomic E-state index is 5.52. The Labute approximate surface area is 100 Å². The number of ether oxygens (including phenoxy) is 2. The van der Waals surface area contributed by atoms with Crippen molar-refractivity contribution in [3.63, 3.8) is 0 Å². The van der Waals surface area contributed by atoms with Gasteiger partial charge in [0.15, 0.2) is 11.5 Å². The second kappa shape index (κ2) is 5.39. The number of rotatable bonds is 5. The third-order valence-corrected chi connectivity index (χ3v) is 2.18. The minimum Gasteiger partial charge on any atom is -0.490 e. The standard InChI is InChI=1S/C13H14NO3/c1-3-15-11-6-5-10(9-12(11)16-4-2)13-14-7-8-17-13/h5-6,8-9H,3-4H2,1-2H3. The summed E-state index contributed by atoms with van der Waals surface area (Å²) in [6, 6.07) is 5.59. The molecule has 1 radical (unpaired) electrons. The summed E-state index contributed by atoms with van der Waals surface area (Å²) < 4.78 is 16.2. The summed E-state index contributed by atoms with van der Waals surface area (Å²) in [4.78, 5) is 3.98. The van der Waals surface area contributed by atoms with E-state index in [4.69, 9.17) is 13.9 Å². The first kappa shape index (κ1) is 11.5. The molecule has 0 N–H and O–H groups in total. The van der Waals surface area contributed by atoms with Gasteiger partial charge in [-0.1, -0.05) is 0 Å². The predicted molar refractivity (Wildman–Crippen MR) is 63.1 cm³/mol. The fourth-order valence-corrected chi connectivity index (χ4v) is 1.51. The van der Waals surface area contributed by atoms with Gasteiger partial charge < -0.3 is 13.9 Å². The molecule has 0 aliphatic carbocycles. The van der Waals surface area contributed by atoms with Crippen LogP contribution in [0.25, 0.3) is 11.5 Å². The molecule has 4 nitrogen and oxygen atoms in total. The van der Waals surface area contributed by atoms with Crippen LogP contribution in [0.4, 0.5) is 0 Å². The largest absolute Gasteiger partial charge is 0.490 e. The number of oxazole rings is 1. The molecule has 0 amide bonds. The van der Waals surface area contributed by atoms with Crippen molar-refractivity contribution in [3.05, 3.63) is 30.7 Å². The van der Waals surface area contributed by atoms with Crippen molar-refractivity contribution in [2.75, 3.05) is 13.2 Å². The van der Waals surface area contributed by atoms with E-state index < -0.39 is 0 Å². The smallest absolute Gasteiger partial charge is 0.226 e. The van der Waals surface area contributed by atoms with Crippen molar-refractivity contribution in [2.24, 2.45) is 0 Å². The third kappa shape index (κ3) is 2.58. The summed E-state index contributed by atoms with van der Waals surface area (Å²) in [5.41, 5.74) is 0.846. The number of aromatic nitrogens is 1. The summed E-state index contributed by atoms with van der Waals surface area (Å²) in [5, 5.41) is 0. The Balaban J connectivity index is 2.34. The zero-order valence-corrected chi connectivity index (χ0v) is 9.90. The maximum Gasteiger partial charge on any atom is 0.226 e. The minimum atomic E-state index is 0.522. The summed E-state index contributed by atoms with van der Waals surface area (Å²) in [7, 11) is 0. The second-order valence-electron chi connectivity index (χ2n) is 3.31. The summed E-state index contributed by atoms with van der Waals surface area (Å²) >= 11 is 0.